The molecule has 22 heavy (non-hydrogen) atoms. The van der Waals surface area contributed by atoms with Crippen molar-refractivity contribution in [2.45, 2.75) is 26.4 Å². The topological polar surface area (TPSA) is 61.8 Å². The first kappa shape index (κ1) is 16.5. The van der Waals surface area contributed by atoms with Gasteiger partial charge in [-0.2, -0.15) is 8.78 Å². The van der Waals surface area contributed by atoms with Crippen molar-refractivity contribution >= 4 is 11.7 Å². The number of aliphatic hydroxyl groups is 1. The largest absolute Gasteiger partial charge is 0.434 e. The molecule has 2 N–H and O–H groups in total. The average molecular weight is 314 g/mol. The number of hydrogen-bond acceptors (Lipinski definition) is 3. The number of benzene rings is 1. The minimum atomic E-state index is -2.90. The van der Waals surface area contributed by atoms with Gasteiger partial charge in [-0.1, -0.05) is 6.07 Å². The molecule has 0 atom stereocenters. The van der Waals surface area contributed by atoms with E-state index in [4.69, 9.17) is 5.11 Å². The summed E-state index contributed by atoms with van der Waals surface area (Å²) in [6.07, 6.45) is 1.52. The molecule has 1 heterocycles. The Bertz CT molecular complexity index is 518. The van der Waals surface area contributed by atoms with Crippen molar-refractivity contribution in [2.24, 2.45) is 5.92 Å². The number of nitrogens with one attached hydrogen (secondary N) is 1. The number of anilines is 1. The van der Waals surface area contributed by atoms with Gasteiger partial charge in [0.05, 0.1) is 0 Å². The molecule has 1 aromatic carbocycles. The number of carbonyl (C=O) groups excluding carboxylic acids is 1. The van der Waals surface area contributed by atoms with Crippen LogP contribution in [0.5, 0.6) is 5.75 Å². The summed E-state index contributed by atoms with van der Waals surface area (Å²) in [5.41, 5.74) is 0.911. The van der Waals surface area contributed by atoms with E-state index in [1.54, 1.807) is 24.0 Å². The van der Waals surface area contributed by atoms with Crippen LogP contribution in [0.25, 0.3) is 0 Å². The van der Waals surface area contributed by atoms with Crippen LogP contribution in [0.2, 0.25) is 0 Å². The zero-order valence-electron chi connectivity index (χ0n) is 12.4. The van der Waals surface area contributed by atoms with Crippen molar-refractivity contribution < 1.29 is 23.4 Å². The van der Waals surface area contributed by atoms with Gasteiger partial charge in [-0.25, -0.2) is 4.79 Å². The van der Waals surface area contributed by atoms with E-state index in [1.165, 1.54) is 6.07 Å². The zero-order valence-corrected chi connectivity index (χ0v) is 12.4. The molecule has 122 valence electrons. The standard InChI is InChI=1S/C15H20F2N2O3/c1-10-12(3-2-4-13(10)22-14(16)17)18-15(21)19-7-5-11(9-20)6-8-19/h2-4,11,14,20H,5-9H2,1H3,(H,18,21). The fraction of sp³-hybridized carbons (Fsp3) is 0.533. The molecule has 0 unspecified atom stereocenters. The van der Waals surface area contributed by atoms with E-state index in [2.05, 4.69) is 10.1 Å². The molecule has 5 nitrogen and oxygen atoms in total. The molecule has 1 saturated heterocycles. The minimum Gasteiger partial charge on any atom is -0.434 e. The van der Waals surface area contributed by atoms with Crippen molar-refractivity contribution in [3.05, 3.63) is 23.8 Å². The summed E-state index contributed by atoms with van der Waals surface area (Å²) < 4.78 is 29.1. The van der Waals surface area contributed by atoms with Crippen molar-refractivity contribution in [3.63, 3.8) is 0 Å². The van der Waals surface area contributed by atoms with Gasteiger partial charge in [0, 0.05) is 30.9 Å². The van der Waals surface area contributed by atoms with Gasteiger partial charge in [0.15, 0.2) is 0 Å². The Morgan fingerprint density at radius 1 is 1.45 bits per heavy atom. The van der Waals surface area contributed by atoms with E-state index in [0.29, 0.717) is 24.3 Å². The molecule has 0 bridgehead atoms. The first-order valence-electron chi connectivity index (χ1n) is 7.22. The summed E-state index contributed by atoms with van der Waals surface area (Å²) in [4.78, 5) is 13.9. The molecule has 1 aliphatic heterocycles. The van der Waals surface area contributed by atoms with Crippen LogP contribution in [0.3, 0.4) is 0 Å². The van der Waals surface area contributed by atoms with E-state index in [-0.39, 0.29) is 24.3 Å². The van der Waals surface area contributed by atoms with Crippen molar-refractivity contribution in [1.82, 2.24) is 4.90 Å². The molecule has 0 saturated carbocycles. The summed E-state index contributed by atoms with van der Waals surface area (Å²) in [6, 6.07) is 4.36. The molecule has 0 aliphatic carbocycles. The lowest BCUT2D eigenvalue weighted by Gasteiger charge is -2.31. The van der Waals surface area contributed by atoms with Gasteiger partial charge in [-0.3, -0.25) is 0 Å². The average Bonchev–Trinajstić information content (AvgIpc) is 2.51. The molecule has 2 amide bonds. The summed E-state index contributed by atoms with van der Waals surface area (Å²) in [5, 5.41) is 11.8. The highest BCUT2D eigenvalue weighted by molar-refractivity contribution is 5.90. The molecule has 1 aromatic rings. The molecule has 0 radical (unpaired) electrons. The monoisotopic (exact) mass is 314 g/mol. The third-order valence-electron chi connectivity index (χ3n) is 3.90. The van der Waals surface area contributed by atoms with Crippen LogP contribution in [0, 0.1) is 12.8 Å². The Kier molecular flexibility index (Phi) is 5.54. The van der Waals surface area contributed by atoms with E-state index < -0.39 is 6.61 Å². The smallest absolute Gasteiger partial charge is 0.387 e. The molecule has 1 aliphatic rings. The number of carbonyl (C=O) groups is 1. The van der Waals surface area contributed by atoms with Gasteiger partial charge in [-0.15, -0.1) is 0 Å². The fourth-order valence-electron chi connectivity index (χ4n) is 2.49. The lowest BCUT2D eigenvalue weighted by atomic mass is 9.98. The quantitative estimate of drug-likeness (QED) is 0.898. The first-order valence-corrected chi connectivity index (χ1v) is 7.22. The van der Waals surface area contributed by atoms with Crippen molar-refractivity contribution in [1.29, 1.82) is 0 Å². The van der Waals surface area contributed by atoms with Gasteiger partial charge in [0.2, 0.25) is 0 Å². The maximum absolute atomic E-state index is 12.3. The number of alkyl halides is 2. The van der Waals surface area contributed by atoms with Crippen LogP contribution in [-0.2, 0) is 0 Å². The number of ether oxygens (including phenoxy) is 1. The highest BCUT2D eigenvalue weighted by Gasteiger charge is 2.23. The third kappa shape index (κ3) is 4.07. The molecule has 2 rings (SSSR count). The predicted octanol–water partition coefficient (Wildman–Crippen LogP) is 2.83. The number of likely N-dealkylation sites (tertiary alicyclic amines) is 1. The minimum absolute atomic E-state index is 0.0480. The SMILES string of the molecule is Cc1c(NC(=O)N2CCC(CO)CC2)cccc1OC(F)F. The second kappa shape index (κ2) is 7.40. The Hall–Kier alpha value is -1.89. The van der Waals surface area contributed by atoms with E-state index in [0.717, 1.165) is 12.8 Å². The van der Waals surface area contributed by atoms with Crippen LogP contribution < -0.4 is 10.1 Å². The van der Waals surface area contributed by atoms with Crippen LogP contribution >= 0.6 is 0 Å². The van der Waals surface area contributed by atoms with Gasteiger partial charge in [-0.05, 0) is 37.8 Å². The van der Waals surface area contributed by atoms with Crippen LogP contribution in [0.4, 0.5) is 19.3 Å². The number of halogens is 2. The molecule has 0 aromatic heterocycles. The Labute approximate surface area is 127 Å². The number of piperidine rings is 1. The van der Waals surface area contributed by atoms with Gasteiger partial charge in [0.25, 0.3) is 0 Å². The van der Waals surface area contributed by atoms with E-state index in [9.17, 15) is 13.6 Å². The highest BCUT2D eigenvalue weighted by Crippen LogP contribution is 2.27. The number of nitrogens with zero attached hydrogens (tertiary/aromatic N) is 1. The van der Waals surface area contributed by atoms with Crippen LogP contribution in [0.1, 0.15) is 18.4 Å². The maximum Gasteiger partial charge on any atom is 0.387 e. The second-order valence-electron chi connectivity index (χ2n) is 5.35. The predicted molar refractivity (Wildman–Crippen MR) is 78.2 cm³/mol. The van der Waals surface area contributed by atoms with Crippen LogP contribution in [-0.4, -0.2) is 42.3 Å². The molecular weight excluding hydrogens is 294 g/mol. The summed E-state index contributed by atoms with van der Waals surface area (Å²) in [6.45, 7) is 0.00157. The summed E-state index contributed by atoms with van der Waals surface area (Å²) >= 11 is 0. The van der Waals surface area contributed by atoms with E-state index >= 15 is 0 Å². The lowest BCUT2D eigenvalue weighted by molar-refractivity contribution is -0.0502. The van der Waals surface area contributed by atoms with Crippen LogP contribution in [0.15, 0.2) is 18.2 Å². The number of rotatable bonds is 4. The molecule has 0 spiro atoms. The summed E-state index contributed by atoms with van der Waals surface area (Å²) in [5.74, 6) is 0.292. The van der Waals surface area contributed by atoms with Gasteiger partial charge >= 0.3 is 12.6 Å². The van der Waals surface area contributed by atoms with Gasteiger partial charge < -0.3 is 20.1 Å². The second-order valence-corrected chi connectivity index (χ2v) is 5.35. The molecule has 1 fully saturated rings. The Balaban J connectivity index is 2.00. The molecular formula is C15H20F2N2O3. The number of urea groups is 1. The lowest BCUT2D eigenvalue weighted by Crippen LogP contribution is -2.41. The zero-order chi connectivity index (χ0) is 16.1. The fourth-order valence-corrected chi connectivity index (χ4v) is 2.49. The molecule has 7 heteroatoms. The van der Waals surface area contributed by atoms with E-state index in [1.807, 2.05) is 0 Å². The number of hydrogen-bond donors (Lipinski definition) is 2. The Morgan fingerprint density at radius 2 is 2.14 bits per heavy atom. The third-order valence-corrected chi connectivity index (χ3v) is 3.90. The normalized spacial score (nSPS) is 16.0. The Morgan fingerprint density at radius 3 is 2.73 bits per heavy atom. The maximum atomic E-state index is 12.3. The highest BCUT2D eigenvalue weighted by atomic mass is 19.3. The van der Waals surface area contributed by atoms with Gasteiger partial charge in [0.1, 0.15) is 5.75 Å². The van der Waals surface area contributed by atoms with Crippen molar-refractivity contribution in [2.75, 3.05) is 25.0 Å². The summed E-state index contributed by atoms with van der Waals surface area (Å²) in [7, 11) is 0. The first-order chi connectivity index (χ1) is 10.5. The van der Waals surface area contributed by atoms with Crippen molar-refractivity contribution in [3.8, 4) is 5.75 Å². The number of aliphatic hydroxyl groups excluding tert-OH is 1. The number of amides is 2.